The number of alkyl halides is 3. The Morgan fingerprint density at radius 3 is 2.73 bits per heavy atom. The number of ether oxygens (including phenoxy) is 3. The molecule has 178 valence electrons. The van der Waals surface area contributed by atoms with Gasteiger partial charge in [0.15, 0.2) is 24.1 Å². The molecule has 0 amide bonds. The quantitative estimate of drug-likeness (QED) is 0.181. The minimum Gasteiger partial charge on any atom is -0.503 e. The molecule has 1 aromatic carbocycles. The van der Waals surface area contributed by atoms with Gasteiger partial charge in [-0.25, -0.2) is 8.78 Å². The van der Waals surface area contributed by atoms with Crippen LogP contribution in [0.5, 0.6) is 5.75 Å². The van der Waals surface area contributed by atoms with Gasteiger partial charge in [-0.1, -0.05) is 5.16 Å². The number of aliphatic hydroxyl groups excluding tert-OH is 1. The summed E-state index contributed by atoms with van der Waals surface area (Å²) in [4.78, 5) is 13.2. The van der Waals surface area contributed by atoms with Gasteiger partial charge in [-0.3, -0.25) is 10.1 Å². The highest BCUT2D eigenvalue weighted by molar-refractivity contribution is 8.00. The van der Waals surface area contributed by atoms with E-state index in [0.29, 0.717) is 6.08 Å². The van der Waals surface area contributed by atoms with Crippen molar-refractivity contribution in [2.45, 2.75) is 21.9 Å². The second kappa shape index (κ2) is 9.27. The molecule has 10 nitrogen and oxygen atoms in total. The Bertz CT molecular complexity index is 1110. The van der Waals surface area contributed by atoms with Gasteiger partial charge < -0.3 is 23.8 Å². The molecule has 2 aromatic rings. The van der Waals surface area contributed by atoms with Crippen LogP contribution in [0.2, 0.25) is 0 Å². The summed E-state index contributed by atoms with van der Waals surface area (Å²) < 4.78 is 77.7. The maximum atomic E-state index is 15.5. The van der Waals surface area contributed by atoms with Gasteiger partial charge in [0.25, 0.3) is 17.4 Å². The molecule has 1 N–H and O–H groups in total. The molecule has 33 heavy (non-hydrogen) atoms. The number of hydrogen-bond donors (Lipinski definition) is 1. The zero-order valence-corrected chi connectivity index (χ0v) is 17.6. The number of nitrogens with zero attached hydrogens (tertiary/aromatic N) is 3. The third-order valence-electron chi connectivity index (χ3n) is 4.31. The summed E-state index contributed by atoms with van der Waals surface area (Å²) in [6.07, 6.45) is 1.44. The molecule has 15 heteroatoms. The number of benzene rings is 1. The molecule has 1 aliphatic carbocycles. The maximum absolute atomic E-state index is 15.5. The van der Waals surface area contributed by atoms with E-state index < -0.39 is 50.9 Å². The summed E-state index contributed by atoms with van der Waals surface area (Å²) >= 11 is -0.182. The Kier molecular flexibility index (Phi) is 6.83. The summed E-state index contributed by atoms with van der Waals surface area (Å²) in [5, 5.41) is 20.4. The van der Waals surface area contributed by atoms with Gasteiger partial charge >= 0.3 is 11.3 Å². The second-order valence-corrected chi connectivity index (χ2v) is 7.62. The van der Waals surface area contributed by atoms with E-state index in [0.717, 1.165) is 31.4 Å². The Morgan fingerprint density at radius 2 is 2.12 bits per heavy atom. The van der Waals surface area contributed by atoms with E-state index in [9.17, 15) is 28.4 Å². The normalized spacial score (nSPS) is 20.7. The number of thioether (sulfide) groups is 1. The number of aromatic nitrogens is 2. The van der Waals surface area contributed by atoms with Crippen LogP contribution in [0, 0.1) is 15.9 Å². The van der Waals surface area contributed by atoms with Crippen LogP contribution >= 0.6 is 11.8 Å². The Balaban J connectivity index is 1.87. The van der Waals surface area contributed by atoms with Gasteiger partial charge in [0.2, 0.25) is 5.76 Å². The lowest BCUT2D eigenvalue weighted by Gasteiger charge is -2.24. The molecular formula is C18H15F4N3O7S. The lowest BCUT2D eigenvalue weighted by atomic mass is 9.89. The molecule has 0 saturated carbocycles. The monoisotopic (exact) mass is 493 g/mol. The molecule has 0 radical (unpaired) electrons. The van der Waals surface area contributed by atoms with Crippen molar-refractivity contribution in [2.75, 3.05) is 21.0 Å². The fourth-order valence-electron chi connectivity index (χ4n) is 2.80. The fraction of sp³-hybridized carbons (Fsp3) is 0.333. The van der Waals surface area contributed by atoms with Gasteiger partial charge in [0.1, 0.15) is 0 Å². The fourth-order valence-corrected chi connectivity index (χ4v) is 3.57. The summed E-state index contributed by atoms with van der Waals surface area (Å²) in [6, 6.07) is 0.512. The van der Waals surface area contributed by atoms with E-state index in [1.54, 1.807) is 0 Å². The topological polar surface area (TPSA) is 130 Å². The molecule has 0 spiro atoms. The summed E-state index contributed by atoms with van der Waals surface area (Å²) in [5.74, 6) is -5.18. The molecule has 2 unspecified atom stereocenters. The average molecular weight is 493 g/mol. The molecule has 0 bridgehead atoms. The van der Waals surface area contributed by atoms with E-state index in [1.807, 2.05) is 0 Å². The molecule has 1 aromatic heterocycles. The number of halogens is 4. The number of nitro groups is 1. The number of methoxy groups -OCH3 is 2. The van der Waals surface area contributed by atoms with Gasteiger partial charge in [0.05, 0.1) is 7.11 Å². The highest BCUT2D eigenvalue weighted by Gasteiger charge is 2.58. The first-order valence-corrected chi connectivity index (χ1v) is 9.66. The van der Waals surface area contributed by atoms with Crippen molar-refractivity contribution < 1.29 is 46.3 Å². The molecule has 3 rings (SSSR count). The van der Waals surface area contributed by atoms with Crippen LogP contribution in [0.3, 0.4) is 0 Å². The summed E-state index contributed by atoms with van der Waals surface area (Å²) in [7, 11) is 2.40. The van der Waals surface area contributed by atoms with Crippen LogP contribution in [-0.2, 0) is 20.4 Å². The predicted molar refractivity (Wildman–Crippen MR) is 102 cm³/mol. The molecule has 0 aliphatic heterocycles. The average Bonchev–Trinajstić information content (AvgIpc) is 3.25. The van der Waals surface area contributed by atoms with E-state index in [-0.39, 0.29) is 29.2 Å². The van der Waals surface area contributed by atoms with Crippen molar-refractivity contribution in [3.63, 3.8) is 0 Å². The standard InChI is InChI=1S/C18H15F4N3O7S/c1-29-8-31-11-4-3-9(7-10(11)19)33-18(21,22)15-23-16(32-24-15)17(20)6-5-12(30-2)13(26)14(17)25(27)28/h3-7,14,26H,8H2,1-2H3. The number of hydrogen-bond acceptors (Lipinski definition) is 10. The zero-order valence-electron chi connectivity index (χ0n) is 16.8. The van der Waals surface area contributed by atoms with Crippen molar-refractivity contribution in [1.29, 1.82) is 0 Å². The van der Waals surface area contributed by atoms with E-state index in [2.05, 4.69) is 19.4 Å². The highest BCUT2D eigenvalue weighted by Crippen LogP contribution is 2.45. The van der Waals surface area contributed by atoms with Gasteiger partial charge in [-0.2, -0.15) is 13.8 Å². The van der Waals surface area contributed by atoms with Crippen molar-refractivity contribution in [3.05, 3.63) is 69.5 Å². The SMILES string of the molecule is COCOc1ccc(SC(F)(F)c2noc(C3(F)C=CC(OC)=C(O)C3[N+](=O)[O-])n2)cc1F. The zero-order chi connectivity index (χ0) is 24.4. The number of rotatable bonds is 9. The first-order chi connectivity index (χ1) is 15.5. The largest absolute Gasteiger partial charge is 0.503 e. The Labute approximate surface area is 187 Å². The van der Waals surface area contributed by atoms with Gasteiger partial charge in [-0.15, -0.1) is 0 Å². The van der Waals surface area contributed by atoms with Crippen LogP contribution in [-0.4, -0.2) is 47.2 Å². The van der Waals surface area contributed by atoms with Crippen molar-refractivity contribution >= 4 is 11.8 Å². The highest BCUT2D eigenvalue weighted by atomic mass is 32.2. The van der Waals surface area contributed by atoms with Crippen LogP contribution < -0.4 is 4.74 Å². The minimum absolute atomic E-state index is 0.182. The molecule has 1 heterocycles. The third-order valence-corrected chi connectivity index (χ3v) is 5.24. The first-order valence-electron chi connectivity index (χ1n) is 8.85. The molecule has 0 saturated heterocycles. The smallest absolute Gasteiger partial charge is 0.360 e. The van der Waals surface area contributed by atoms with E-state index >= 15 is 4.39 Å². The molecule has 2 atom stereocenters. The lowest BCUT2D eigenvalue weighted by molar-refractivity contribution is -0.535. The van der Waals surface area contributed by atoms with Crippen LogP contribution in [0.4, 0.5) is 17.6 Å². The molecule has 0 fully saturated rings. The van der Waals surface area contributed by atoms with Crippen molar-refractivity contribution in [1.82, 2.24) is 10.1 Å². The van der Waals surface area contributed by atoms with Crippen molar-refractivity contribution in [2.24, 2.45) is 0 Å². The Morgan fingerprint density at radius 1 is 1.39 bits per heavy atom. The third kappa shape index (κ3) is 4.73. The van der Waals surface area contributed by atoms with E-state index in [1.165, 1.54) is 7.11 Å². The molecule has 1 aliphatic rings. The first kappa shape index (κ1) is 24.3. The number of aliphatic hydroxyl groups is 1. The Hall–Kier alpha value is -3.33. The van der Waals surface area contributed by atoms with Crippen LogP contribution in [0.1, 0.15) is 11.7 Å². The minimum atomic E-state index is -3.95. The lowest BCUT2D eigenvalue weighted by Crippen LogP contribution is -2.43. The number of allylic oxidation sites excluding steroid dienone is 1. The van der Waals surface area contributed by atoms with Gasteiger partial charge in [0, 0.05) is 16.9 Å². The van der Waals surface area contributed by atoms with Crippen LogP contribution in [0.15, 0.2) is 51.3 Å². The van der Waals surface area contributed by atoms with Crippen LogP contribution in [0.25, 0.3) is 0 Å². The van der Waals surface area contributed by atoms with Gasteiger partial charge in [-0.05, 0) is 42.1 Å². The predicted octanol–water partition coefficient (Wildman–Crippen LogP) is 3.83. The summed E-state index contributed by atoms with van der Waals surface area (Å²) in [6.45, 7) is -0.258. The maximum Gasteiger partial charge on any atom is 0.360 e. The van der Waals surface area contributed by atoms with E-state index in [4.69, 9.17) is 9.47 Å². The summed E-state index contributed by atoms with van der Waals surface area (Å²) in [5.41, 5.74) is -3.24. The van der Waals surface area contributed by atoms with Crippen molar-refractivity contribution in [3.8, 4) is 5.75 Å². The molecular weight excluding hydrogens is 478 g/mol. The second-order valence-electron chi connectivity index (χ2n) is 6.43.